The quantitative estimate of drug-likeness (QED) is 0.0531. The molecule has 12 rings (SSSR count). The summed E-state index contributed by atoms with van der Waals surface area (Å²) in [6, 6.07) is 58.1. The molecular formula is C102H120Ir3N3O9-3. The molecule has 0 atom stereocenters. The van der Waals surface area contributed by atoms with E-state index in [0.29, 0.717) is 29.6 Å². The summed E-state index contributed by atoms with van der Waals surface area (Å²) in [5.41, 5.74) is 25.9. The maximum Gasteiger partial charge on any atom is 0.155 e. The molecule has 6 aromatic carbocycles. The number of furan rings is 3. The number of rotatable bonds is 14. The molecule has 12 nitrogen and oxygen atoms in total. The fraction of sp³-hybridized carbons (Fsp3) is 0.353. The van der Waals surface area contributed by atoms with Crippen LogP contribution in [0.3, 0.4) is 0 Å². The zero-order valence-electron chi connectivity index (χ0n) is 73.7. The van der Waals surface area contributed by atoms with E-state index >= 15 is 0 Å². The van der Waals surface area contributed by atoms with Crippen LogP contribution in [0.2, 0.25) is 0 Å². The Morgan fingerprint density at radius 1 is 0.359 bits per heavy atom. The van der Waals surface area contributed by atoms with Crippen molar-refractivity contribution >= 4 is 50.3 Å². The summed E-state index contributed by atoms with van der Waals surface area (Å²) in [5.74, 6) is 4.81. The molecule has 12 aromatic rings. The fourth-order valence-electron chi connectivity index (χ4n) is 12.7. The second kappa shape index (κ2) is 43.6. The average Bonchev–Trinajstić information content (AvgIpc) is 1.64. The molecule has 0 aliphatic carbocycles. The summed E-state index contributed by atoms with van der Waals surface area (Å²) < 4.78 is 19.0. The van der Waals surface area contributed by atoms with Crippen LogP contribution in [0.15, 0.2) is 201 Å². The Morgan fingerprint density at radius 2 is 0.650 bits per heavy atom. The van der Waals surface area contributed by atoms with Gasteiger partial charge in [0.05, 0.1) is 17.3 Å². The summed E-state index contributed by atoms with van der Waals surface area (Å²) >= 11 is 0. The number of allylic oxidation sites excluding steroid dienone is 6. The van der Waals surface area contributed by atoms with Crippen LogP contribution in [-0.4, -0.2) is 47.6 Å². The van der Waals surface area contributed by atoms with Crippen LogP contribution in [0, 0.1) is 39.0 Å². The van der Waals surface area contributed by atoms with Crippen molar-refractivity contribution in [2.75, 3.05) is 0 Å². The molecule has 0 bridgehead atoms. The molecule has 0 aliphatic rings. The first-order valence-electron chi connectivity index (χ1n) is 39.5. The number of hydrogen-bond donors (Lipinski definition) is 3. The molecule has 0 spiro atoms. The Kier molecular flexibility index (Phi) is 37.4. The van der Waals surface area contributed by atoms with E-state index < -0.39 is 0 Å². The zero-order valence-corrected chi connectivity index (χ0v) is 80.9. The summed E-state index contributed by atoms with van der Waals surface area (Å²) in [5, 5.41) is 28.2. The van der Waals surface area contributed by atoms with Gasteiger partial charge in [-0.05, 0) is 181 Å². The third-order valence-corrected chi connectivity index (χ3v) is 19.0. The van der Waals surface area contributed by atoms with Crippen LogP contribution < -0.4 is 0 Å². The summed E-state index contributed by atoms with van der Waals surface area (Å²) in [4.78, 5) is 44.3. The van der Waals surface area contributed by atoms with Gasteiger partial charge >= 0.3 is 0 Å². The van der Waals surface area contributed by atoms with Crippen molar-refractivity contribution in [3.05, 3.63) is 267 Å². The summed E-state index contributed by atoms with van der Waals surface area (Å²) in [7, 11) is 0. The molecule has 627 valence electrons. The fourth-order valence-corrected chi connectivity index (χ4v) is 12.7. The number of carbonyl (C=O) groups excluding carboxylic acids is 3. The van der Waals surface area contributed by atoms with Gasteiger partial charge in [0, 0.05) is 130 Å². The number of aromatic nitrogens is 3. The number of hydrogen-bond acceptors (Lipinski definition) is 12. The van der Waals surface area contributed by atoms with Gasteiger partial charge in [0.25, 0.3) is 0 Å². The third kappa shape index (κ3) is 29.5. The molecule has 0 amide bonds. The first-order valence-corrected chi connectivity index (χ1v) is 39.5. The largest absolute Gasteiger partial charge is 0.512 e. The number of aryl methyl sites for hydroxylation is 3. The maximum absolute atomic E-state index is 10.0. The van der Waals surface area contributed by atoms with E-state index in [9.17, 15) is 14.4 Å². The number of pyridine rings is 3. The summed E-state index contributed by atoms with van der Waals surface area (Å²) in [6.07, 6.45) is 9.24. The van der Waals surface area contributed by atoms with Gasteiger partial charge < -0.3 is 43.5 Å². The van der Waals surface area contributed by atoms with E-state index in [-0.39, 0.29) is 111 Å². The molecule has 117 heavy (non-hydrogen) atoms. The number of benzene rings is 6. The molecule has 0 saturated heterocycles. The minimum atomic E-state index is -0.125. The Bertz CT molecular complexity index is 5330. The van der Waals surface area contributed by atoms with Gasteiger partial charge in [-0.25, -0.2) is 0 Å². The number of carbonyl (C=O) groups is 3. The predicted octanol–water partition coefficient (Wildman–Crippen LogP) is 28.4. The monoisotopic (exact) mass is 2110 g/mol. The molecular weight excluding hydrogens is 1990 g/mol. The van der Waals surface area contributed by atoms with E-state index in [1.54, 1.807) is 0 Å². The third-order valence-electron chi connectivity index (χ3n) is 19.0. The van der Waals surface area contributed by atoms with E-state index in [1.165, 1.54) is 110 Å². The SMILES string of the molecule is CC(=O)C=C(C)O.CC(=O)C=C(C)O.CC(=O)C=C(C)O.Cc1[c-]c(-c2cc3oc(-c4c(C(C)C)cccc4C(C)C)cc3cn2)cc(C(C)(C)C)c1.Cc1[c-]c(-c2cc3oc(-c4cc(C(C)C)cc(C(C)C)c4)cc3cn2)cc(C(C)(C)C)c1.Cc1[c-]c(-c2cc3oc(-c4ccc(C(C)C)cc4)cc3cn2)cc(C(C)(C)C)c1.[Ir].[Ir].[Ir]. The van der Waals surface area contributed by atoms with Crippen molar-refractivity contribution in [1.82, 2.24) is 15.0 Å². The Balaban J connectivity index is 0.000000324. The number of nitrogens with zero attached hydrogens (tertiary/aromatic N) is 3. The number of aliphatic hydroxyl groups is 3. The second-order valence-corrected chi connectivity index (χ2v) is 34.6. The van der Waals surface area contributed by atoms with Crippen molar-refractivity contribution in [1.29, 1.82) is 0 Å². The van der Waals surface area contributed by atoms with Crippen LogP contribution in [-0.2, 0) is 90.9 Å². The molecule has 0 unspecified atom stereocenters. The molecule has 6 aromatic heterocycles. The smallest absolute Gasteiger partial charge is 0.155 e. The van der Waals surface area contributed by atoms with E-state index in [2.05, 4.69) is 292 Å². The van der Waals surface area contributed by atoms with Crippen molar-refractivity contribution in [3.8, 4) is 67.7 Å². The molecule has 0 saturated carbocycles. The number of aliphatic hydroxyl groups excluding tert-OH is 3. The minimum Gasteiger partial charge on any atom is -0.512 e. The van der Waals surface area contributed by atoms with Gasteiger partial charge in [-0.15, -0.1) is 105 Å². The van der Waals surface area contributed by atoms with Gasteiger partial charge in [-0.1, -0.05) is 201 Å². The van der Waals surface area contributed by atoms with Gasteiger partial charge in [-0.2, -0.15) is 0 Å². The molecule has 15 heteroatoms. The molecule has 3 N–H and O–H groups in total. The first kappa shape index (κ1) is 100. The molecule has 6 heterocycles. The molecule has 0 aliphatic heterocycles. The van der Waals surface area contributed by atoms with Gasteiger partial charge in [0.1, 0.15) is 34.0 Å². The molecule has 3 radical (unpaired) electrons. The normalized spacial score (nSPS) is 11.8. The van der Waals surface area contributed by atoms with Crippen molar-refractivity contribution < 1.29 is 103 Å². The summed E-state index contributed by atoms with van der Waals surface area (Å²) in [6.45, 7) is 57.2. The molecule has 0 fully saturated rings. The van der Waals surface area contributed by atoms with Crippen LogP contribution >= 0.6 is 0 Å². The zero-order chi connectivity index (χ0) is 84.8. The Morgan fingerprint density at radius 3 is 0.915 bits per heavy atom. The average molecular weight is 2110 g/mol. The van der Waals surface area contributed by atoms with E-state index in [4.69, 9.17) is 43.5 Å². The maximum atomic E-state index is 10.0. The topological polar surface area (TPSA) is 190 Å². The van der Waals surface area contributed by atoms with Crippen LogP contribution in [0.5, 0.6) is 0 Å². The van der Waals surface area contributed by atoms with E-state index in [0.717, 1.165) is 112 Å². The number of ketones is 3. The minimum absolute atomic E-state index is 0. The van der Waals surface area contributed by atoms with Crippen molar-refractivity contribution in [3.63, 3.8) is 0 Å². The number of fused-ring (bicyclic) bond motifs is 3. The van der Waals surface area contributed by atoms with Crippen LogP contribution in [0.4, 0.5) is 0 Å². The Labute approximate surface area is 737 Å². The standard InChI is InChI=1S/2C30H34NO.C27H28NO.3C5H8O2.3Ir/c1-18(2)21-11-22(19(3)4)13-24(12-21)28-15-25-17-31-27(16-29(25)32-28)23-9-20(5)10-26(14-23)30(6,7)8;1-18(2)24-10-9-11-25(19(3)4)29(24)28-15-22-17-31-26(16-27(22)32-28)21-12-20(5)13-23(14-21)30(6,7)8;1-17(2)19-7-9-20(10-8-19)25-14-22-16-28-24(15-26(22)29-25)21-11-18(3)12-23(13-21)27(4,5)6;3*1-4(6)3-5(2)7;;;/h10-19H,1-8H3;9-11,13-19H,1-8H3;7-10,12-17H,1-6H3;3*3,6H,1-2H3;;;/q3*-1;;;;;;. The Hall–Kier alpha value is -9.03. The van der Waals surface area contributed by atoms with Crippen molar-refractivity contribution in [2.45, 2.75) is 240 Å². The first-order chi connectivity index (χ1) is 53.1. The second-order valence-electron chi connectivity index (χ2n) is 34.6. The van der Waals surface area contributed by atoms with E-state index in [1.807, 2.05) is 30.7 Å². The van der Waals surface area contributed by atoms with Gasteiger partial charge in [-0.3, -0.25) is 14.4 Å². The van der Waals surface area contributed by atoms with Gasteiger partial charge in [0.2, 0.25) is 0 Å². The van der Waals surface area contributed by atoms with Gasteiger partial charge in [0.15, 0.2) is 17.3 Å². The predicted molar refractivity (Wildman–Crippen MR) is 473 cm³/mol. The van der Waals surface area contributed by atoms with Crippen LogP contribution in [0.1, 0.15) is 264 Å². The van der Waals surface area contributed by atoms with Crippen molar-refractivity contribution in [2.24, 2.45) is 0 Å². The van der Waals surface area contributed by atoms with Crippen LogP contribution in [0.25, 0.3) is 101 Å².